The molecule has 7 nitrogen and oxygen atoms in total. The Morgan fingerprint density at radius 2 is 1.93 bits per heavy atom. The summed E-state index contributed by atoms with van der Waals surface area (Å²) in [7, 11) is -3.90. The van der Waals surface area contributed by atoms with Crippen molar-refractivity contribution in [3.8, 4) is 23.3 Å². The Labute approximate surface area is 169 Å². The Bertz CT molecular complexity index is 1030. The van der Waals surface area contributed by atoms with Crippen molar-refractivity contribution in [3.63, 3.8) is 0 Å². The minimum atomic E-state index is -3.90. The smallest absolute Gasteiger partial charge is 0.241 e. The average Bonchev–Trinajstić information content (AvgIpc) is 2.66. The second-order valence-electron chi connectivity index (χ2n) is 5.70. The van der Waals surface area contributed by atoms with Crippen LogP contribution in [0.3, 0.4) is 0 Å². The lowest BCUT2D eigenvalue weighted by molar-refractivity contribution is -0.114. The van der Waals surface area contributed by atoms with Crippen LogP contribution in [-0.4, -0.2) is 34.1 Å². The molecule has 0 aliphatic carbocycles. The Balaban J connectivity index is 1.86. The molecule has 29 heavy (non-hydrogen) atoms. The first-order chi connectivity index (χ1) is 13.8. The number of amides is 1. The van der Waals surface area contributed by atoms with E-state index in [1.165, 1.54) is 19.1 Å². The third-order valence-electron chi connectivity index (χ3n) is 3.45. The fourth-order valence-electron chi connectivity index (χ4n) is 2.24. The zero-order valence-electron chi connectivity index (χ0n) is 16.0. The quantitative estimate of drug-likeness (QED) is 0.640. The third-order valence-corrected chi connectivity index (χ3v) is 4.85. The van der Waals surface area contributed by atoms with Gasteiger partial charge in [-0.25, -0.2) is 12.8 Å². The molecule has 0 spiro atoms. The Morgan fingerprint density at radius 3 is 2.62 bits per heavy atom. The molecule has 1 amide bonds. The third kappa shape index (κ3) is 7.10. The number of halogens is 1. The topological polar surface area (TPSA) is 93.7 Å². The SMILES string of the molecule is CCOc1ccc(S(=O)(=O)NCC#CCOc2cccc(NC(C)=O)c2)cc1F. The highest BCUT2D eigenvalue weighted by Crippen LogP contribution is 2.21. The van der Waals surface area contributed by atoms with Crippen LogP contribution in [0.5, 0.6) is 11.5 Å². The molecule has 0 bridgehead atoms. The molecule has 0 aliphatic heterocycles. The average molecular weight is 420 g/mol. The van der Waals surface area contributed by atoms with Crippen molar-refractivity contribution in [1.29, 1.82) is 0 Å². The highest BCUT2D eigenvalue weighted by Gasteiger charge is 2.15. The molecular weight excluding hydrogens is 399 g/mol. The molecule has 0 aromatic heterocycles. The summed E-state index contributed by atoms with van der Waals surface area (Å²) in [5.74, 6) is 4.85. The maximum atomic E-state index is 13.8. The standard InChI is InChI=1S/C20H21FN2O5S/c1-3-27-20-10-9-18(14-19(20)21)29(25,26)22-11-4-5-12-28-17-8-6-7-16(13-17)23-15(2)24/h6-10,13-14,22H,3,11-12H2,1-2H3,(H,23,24). The van der Waals surface area contributed by atoms with Crippen LogP contribution >= 0.6 is 0 Å². The lowest BCUT2D eigenvalue weighted by atomic mass is 10.3. The summed E-state index contributed by atoms with van der Waals surface area (Å²) in [6.07, 6.45) is 0. The van der Waals surface area contributed by atoms with Gasteiger partial charge in [0.05, 0.1) is 18.0 Å². The molecule has 2 N–H and O–H groups in total. The number of carbonyl (C=O) groups is 1. The van der Waals surface area contributed by atoms with E-state index >= 15 is 0 Å². The summed E-state index contributed by atoms with van der Waals surface area (Å²) in [4.78, 5) is 10.8. The first-order valence-electron chi connectivity index (χ1n) is 8.70. The van der Waals surface area contributed by atoms with E-state index in [-0.39, 0.29) is 36.3 Å². The van der Waals surface area contributed by atoms with E-state index in [1.807, 2.05) is 0 Å². The molecule has 2 aromatic carbocycles. The fraction of sp³-hybridized carbons (Fsp3) is 0.250. The molecule has 0 saturated carbocycles. The van der Waals surface area contributed by atoms with E-state index in [4.69, 9.17) is 9.47 Å². The number of benzene rings is 2. The minimum absolute atomic E-state index is 0.00837. The predicted molar refractivity (Wildman–Crippen MR) is 107 cm³/mol. The molecule has 9 heteroatoms. The lowest BCUT2D eigenvalue weighted by Crippen LogP contribution is -2.24. The molecule has 154 valence electrons. The Hall–Kier alpha value is -3.09. The largest absolute Gasteiger partial charge is 0.491 e. The van der Waals surface area contributed by atoms with Crippen LogP contribution < -0.4 is 19.5 Å². The maximum Gasteiger partial charge on any atom is 0.241 e. The van der Waals surface area contributed by atoms with Crippen molar-refractivity contribution in [1.82, 2.24) is 4.72 Å². The van der Waals surface area contributed by atoms with E-state index < -0.39 is 15.8 Å². The van der Waals surface area contributed by atoms with Gasteiger partial charge in [-0.05, 0) is 37.3 Å². The number of hydrogen-bond donors (Lipinski definition) is 2. The van der Waals surface area contributed by atoms with Gasteiger partial charge in [0.15, 0.2) is 11.6 Å². The molecular formula is C20H21FN2O5S. The second-order valence-corrected chi connectivity index (χ2v) is 7.47. The maximum absolute atomic E-state index is 13.8. The van der Waals surface area contributed by atoms with E-state index in [1.54, 1.807) is 31.2 Å². The predicted octanol–water partition coefficient (Wildman–Crippen LogP) is 2.54. The van der Waals surface area contributed by atoms with Crippen LogP contribution in [0.1, 0.15) is 13.8 Å². The van der Waals surface area contributed by atoms with E-state index in [2.05, 4.69) is 21.9 Å². The van der Waals surface area contributed by atoms with Crippen molar-refractivity contribution < 1.29 is 27.1 Å². The van der Waals surface area contributed by atoms with Crippen molar-refractivity contribution in [2.24, 2.45) is 0 Å². The molecule has 0 unspecified atom stereocenters. The zero-order valence-corrected chi connectivity index (χ0v) is 16.8. The minimum Gasteiger partial charge on any atom is -0.491 e. The van der Waals surface area contributed by atoms with Crippen molar-refractivity contribution >= 4 is 21.6 Å². The number of anilines is 1. The summed E-state index contributed by atoms with van der Waals surface area (Å²) in [6.45, 7) is 3.25. The van der Waals surface area contributed by atoms with Gasteiger partial charge in [0.2, 0.25) is 15.9 Å². The van der Waals surface area contributed by atoms with Gasteiger partial charge in [-0.3, -0.25) is 4.79 Å². The van der Waals surface area contributed by atoms with E-state index in [0.717, 1.165) is 6.07 Å². The van der Waals surface area contributed by atoms with E-state index in [9.17, 15) is 17.6 Å². The van der Waals surface area contributed by atoms with Crippen LogP contribution in [0.4, 0.5) is 10.1 Å². The number of nitrogens with one attached hydrogen (secondary N) is 2. The van der Waals surface area contributed by atoms with Crippen LogP contribution in [0.25, 0.3) is 0 Å². The highest BCUT2D eigenvalue weighted by molar-refractivity contribution is 7.89. The lowest BCUT2D eigenvalue weighted by Gasteiger charge is -2.07. The summed E-state index contributed by atoms with van der Waals surface area (Å²) in [6, 6.07) is 10.2. The summed E-state index contributed by atoms with van der Waals surface area (Å²) in [5, 5.41) is 2.64. The van der Waals surface area contributed by atoms with Gasteiger partial charge >= 0.3 is 0 Å². The molecule has 0 heterocycles. The first-order valence-corrected chi connectivity index (χ1v) is 10.2. The molecule has 0 atom stereocenters. The van der Waals surface area contributed by atoms with Crippen LogP contribution in [-0.2, 0) is 14.8 Å². The number of rotatable bonds is 8. The Kier molecular flexibility index (Phi) is 8.00. The monoisotopic (exact) mass is 420 g/mol. The van der Waals surface area contributed by atoms with Crippen molar-refractivity contribution in [2.75, 3.05) is 25.1 Å². The van der Waals surface area contributed by atoms with Crippen LogP contribution in [0.15, 0.2) is 47.4 Å². The number of sulfonamides is 1. The van der Waals surface area contributed by atoms with E-state index in [0.29, 0.717) is 11.4 Å². The summed E-state index contributed by atoms with van der Waals surface area (Å²) < 4.78 is 50.9. The van der Waals surface area contributed by atoms with Gasteiger partial charge in [-0.2, -0.15) is 4.72 Å². The van der Waals surface area contributed by atoms with Gasteiger partial charge in [0.25, 0.3) is 0 Å². The van der Waals surface area contributed by atoms with Gasteiger partial charge < -0.3 is 14.8 Å². The van der Waals surface area contributed by atoms with Crippen LogP contribution in [0, 0.1) is 17.7 Å². The summed E-state index contributed by atoms with van der Waals surface area (Å²) >= 11 is 0. The molecule has 0 saturated heterocycles. The normalized spacial score (nSPS) is 10.6. The highest BCUT2D eigenvalue weighted by atomic mass is 32.2. The number of hydrogen-bond acceptors (Lipinski definition) is 5. The molecule has 0 aliphatic rings. The zero-order chi connectivity index (χ0) is 21.3. The number of carbonyl (C=O) groups excluding carboxylic acids is 1. The second kappa shape index (κ2) is 10.5. The molecule has 2 rings (SSSR count). The van der Waals surface area contributed by atoms with Gasteiger partial charge in [0.1, 0.15) is 12.4 Å². The molecule has 0 radical (unpaired) electrons. The Morgan fingerprint density at radius 1 is 1.14 bits per heavy atom. The number of ether oxygens (including phenoxy) is 2. The van der Waals surface area contributed by atoms with Crippen molar-refractivity contribution in [2.45, 2.75) is 18.7 Å². The van der Waals surface area contributed by atoms with Gasteiger partial charge in [0, 0.05) is 18.7 Å². The fourth-order valence-corrected chi connectivity index (χ4v) is 3.17. The summed E-state index contributed by atoms with van der Waals surface area (Å²) in [5.41, 5.74) is 0.596. The van der Waals surface area contributed by atoms with Gasteiger partial charge in [-0.15, -0.1) is 0 Å². The van der Waals surface area contributed by atoms with Crippen LogP contribution in [0.2, 0.25) is 0 Å². The van der Waals surface area contributed by atoms with Crippen molar-refractivity contribution in [3.05, 3.63) is 48.3 Å². The molecule has 2 aromatic rings. The first kappa shape index (κ1) is 22.2. The van der Waals surface area contributed by atoms with Gasteiger partial charge in [-0.1, -0.05) is 17.9 Å². The molecule has 0 fully saturated rings.